The fraction of sp³-hybridized carbons (Fsp3) is 0.545. The molecule has 14 heavy (non-hydrogen) atoms. The number of carbonyl (C=O) groups is 1. The average molecular weight is 306 g/mol. The molecule has 78 valence electrons. The summed E-state index contributed by atoms with van der Waals surface area (Å²) in [6, 6.07) is 0. The first kappa shape index (κ1) is 11.8. The van der Waals surface area contributed by atoms with Gasteiger partial charge in [0.25, 0.3) is 0 Å². The average Bonchev–Trinajstić information content (AvgIpc) is 2.07. The van der Waals surface area contributed by atoms with Gasteiger partial charge in [0.2, 0.25) is 0 Å². The van der Waals surface area contributed by atoms with Crippen LogP contribution in [0.3, 0.4) is 0 Å². The van der Waals surface area contributed by atoms with Crippen LogP contribution in [0.15, 0.2) is 23.8 Å². The number of carbonyl (C=O) groups excluding carboxylic acids is 1. The lowest BCUT2D eigenvalue weighted by Crippen LogP contribution is -2.24. The van der Waals surface area contributed by atoms with Gasteiger partial charge in [0.15, 0.2) is 0 Å². The summed E-state index contributed by atoms with van der Waals surface area (Å²) in [7, 11) is 0. The zero-order chi connectivity index (χ0) is 10.7. The Hall–Kier alpha value is -0.320. The van der Waals surface area contributed by atoms with Gasteiger partial charge in [-0.1, -0.05) is 18.2 Å². The summed E-state index contributed by atoms with van der Waals surface area (Å²) >= 11 is 1.67. The lowest BCUT2D eigenvalue weighted by Gasteiger charge is -2.27. The van der Waals surface area contributed by atoms with Gasteiger partial charge >= 0.3 is 3.98 Å². The smallest absolute Gasteiger partial charge is 0.367 e. The molecule has 0 amide bonds. The summed E-state index contributed by atoms with van der Waals surface area (Å²) in [6.07, 6.45) is 4.01. The van der Waals surface area contributed by atoms with Gasteiger partial charge in [-0.05, 0) is 38.2 Å². The van der Waals surface area contributed by atoms with E-state index in [1.54, 1.807) is 22.6 Å². The molecule has 0 heterocycles. The first-order chi connectivity index (χ1) is 6.50. The van der Waals surface area contributed by atoms with Crippen molar-refractivity contribution in [2.24, 2.45) is 5.92 Å². The van der Waals surface area contributed by atoms with Gasteiger partial charge in [0, 0.05) is 0 Å². The fourth-order valence-electron chi connectivity index (χ4n) is 1.66. The van der Waals surface area contributed by atoms with Crippen LogP contribution in [0.2, 0.25) is 0 Å². The van der Waals surface area contributed by atoms with Crippen molar-refractivity contribution in [3.63, 3.8) is 0 Å². The predicted octanol–water partition coefficient (Wildman–Crippen LogP) is 3.86. The van der Waals surface area contributed by atoms with Crippen LogP contribution in [0.5, 0.6) is 0 Å². The van der Waals surface area contributed by atoms with Crippen molar-refractivity contribution in [1.82, 2.24) is 0 Å². The Morgan fingerprint density at radius 1 is 1.71 bits per heavy atom. The van der Waals surface area contributed by atoms with Gasteiger partial charge in [-0.25, -0.2) is 4.79 Å². The summed E-state index contributed by atoms with van der Waals surface area (Å²) in [4.78, 5) is 10.8. The summed E-state index contributed by atoms with van der Waals surface area (Å²) < 4.78 is 4.99. The van der Waals surface area contributed by atoms with Crippen LogP contribution >= 0.6 is 22.6 Å². The first-order valence-electron chi connectivity index (χ1n) is 4.69. The molecule has 1 aliphatic rings. The van der Waals surface area contributed by atoms with Crippen LogP contribution in [-0.2, 0) is 4.74 Å². The molecule has 0 saturated heterocycles. The minimum atomic E-state index is -0.234. The van der Waals surface area contributed by atoms with Gasteiger partial charge in [-0.3, -0.25) is 0 Å². The number of rotatable bonds is 2. The van der Waals surface area contributed by atoms with E-state index in [1.807, 2.05) is 13.8 Å². The first-order valence-corrected chi connectivity index (χ1v) is 5.76. The molecular formula is C11H15IO2. The quantitative estimate of drug-likeness (QED) is 0.440. The lowest BCUT2D eigenvalue weighted by molar-refractivity contribution is 0.127. The number of hydrogen-bond acceptors (Lipinski definition) is 2. The Bertz CT molecular complexity index is 281. The number of hydrogen-bond donors (Lipinski definition) is 0. The van der Waals surface area contributed by atoms with Crippen LogP contribution in [-0.4, -0.2) is 10.1 Å². The maximum absolute atomic E-state index is 10.8. The molecule has 0 N–H and O–H groups in total. The van der Waals surface area contributed by atoms with E-state index in [-0.39, 0.29) is 10.1 Å². The van der Waals surface area contributed by atoms with Crippen LogP contribution < -0.4 is 0 Å². The maximum Gasteiger partial charge on any atom is 0.367 e. The third-order valence-electron chi connectivity index (χ3n) is 2.66. The lowest BCUT2D eigenvalue weighted by atomic mass is 9.84. The van der Waals surface area contributed by atoms with Crippen LogP contribution in [0.1, 0.15) is 26.7 Å². The van der Waals surface area contributed by atoms with Gasteiger partial charge in [-0.2, -0.15) is 0 Å². The fourth-order valence-corrected chi connectivity index (χ4v) is 1.96. The molecule has 1 aliphatic carbocycles. The standard InChI is InChI=1S/C11H15IO2/c1-7(2)9-5-4-8(3)10(6-9)14-11(12)13/h4,9-10H,1,5-6H2,2-3H3/t9-,10-/m1/s1. The summed E-state index contributed by atoms with van der Waals surface area (Å²) in [5.41, 5.74) is 2.33. The van der Waals surface area contributed by atoms with Gasteiger partial charge in [0.1, 0.15) is 6.10 Å². The van der Waals surface area contributed by atoms with E-state index in [0.29, 0.717) is 5.92 Å². The number of ether oxygens (including phenoxy) is 1. The zero-order valence-electron chi connectivity index (χ0n) is 8.55. The van der Waals surface area contributed by atoms with Crippen molar-refractivity contribution < 1.29 is 9.53 Å². The highest BCUT2D eigenvalue weighted by Crippen LogP contribution is 2.30. The second kappa shape index (κ2) is 4.96. The van der Waals surface area contributed by atoms with Crippen molar-refractivity contribution in [2.45, 2.75) is 32.8 Å². The largest absolute Gasteiger partial charge is 0.450 e. The molecule has 0 bridgehead atoms. The Kier molecular flexibility index (Phi) is 4.16. The molecule has 0 saturated carbocycles. The van der Waals surface area contributed by atoms with Gasteiger partial charge < -0.3 is 4.74 Å². The minimum Gasteiger partial charge on any atom is -0.450 e. The highest BCUT2D eigenvalue weighted by Gasteiger charge is 2.24. The molecule has 2 atom stereocenters. The Morgan fingerprint density at radius 2 is 2.36 bits per heavy atom. The van der Waals surface area contributed by atoms with E-state index in [9.17, 15) is 4.79 Å². The van der Waals surface area contributed by atoms with Crippen molar-refractivity contribution in [3.8, 4) is 0 Å². The van der Waals surface area contributed by atoms with Crippen molar-refractivity contribution in [3.05, 3.63) is 23.8 Å². The molecule has 0 spiro atoms. The summed E-state index contributed by atoms with van der Waals surface area (Å²) in [5, 5.41) is 0. The third kappa shape index (κ3) is 3.12. The van der Waals surface area contributed by atoms with Crippen molar-refractivity contribution in [1.29, 1.82) is 0 Å². The topological polar surface area (TPSA) is 26.3 Å². The third-order valence-corrected chi connectivity index (χ3v) is 2.92. The Morgan fingerprint density at radius 3 is 2.86 bits per heavy atom. The van der Waals surface area contributed by atoms with Crippen LogP contribution in [0.25, 0.3) is 0 Å². The van der Waals surface area contributed by atoms with E-state index in [0.717, 1.165) is 18.4 Å². The summed E-state index contributed by atoms with van der Waals surface area (Å²) in [5.74, 6) is 0.458. The number of halogens is 1. The van der Waals surface area contributed by atoms with Crippen LogP contribution in [0, 0.1) is 5.92 Å². The van der Waals surface area contributed by atoms with Crippen molar-refractivity contribution in [2.75, 3.05) is 0 Å². The Balaban J connectivity index is 2.66. The molecule has 0 aliphatic heterocycles. The SMILES string of the molecule is C=C(C)[C@@H]1CC=C(C)[C@H](OC(=O)I)C1. The van der Waals surface area contributed by atoms with Crippen LogP contribution in [0.4, 0.5) is 4.79 Å². The van der Waals surface area contributed by atoms with Crippen molar-refractivity contribution >= 4 is 26.6 Å². The molecular weight excluding hydrogens is 291 g/mol. The van der Waals surface area contributed by atoms with E-state index >= 15 is 0 Å². The van der Waals surface area contributed by atoms with E-state index in [1.165, 1.54) is 5.57 Å². The second-order valence-corrected chi connectivity index (χ2v) is 4.69. The maximum atomic E-state index is 10.8. The zero-order valence-corrected chi connectivity index (χ0v) is 10.7. The molecule has 0 unspecified atom stereocenters. The van der Waals surface area contributed by atoms with Gasteiger partial charge in [0.05, 0.1) is 22.6 Å². The molecule has 0 radical (unpaired) electrons. The predicted molar refractivity (Wildman–Crippen MR) is 65.6 cm³/mol. The number of allylic oxidation sites excluding steroid dienone is 2. The minimum absolute atomic E-state index is 0.0464. The van der Waals surface area contributed by atoms with E-state index in [4.69, 9.17) is 4.74 Å². The second-order valence-electron chi connectivity index (χ2n) is 3.81. The molecule has 0 fully saturated rings. The molecule has 3 heteroatoms. The molecule has 2 nitrogen and oxygen atoms in total. The molecule has 0 aromatic carbocycles. The molecule has 0 aromatic rings. The monoisotopic (exact) mass is 306 g/mol. The van der Waals surface area contributed by atoms with E-state index in [2.05, 4.69) is 12.7 Å². The molecule has 0 aromatic heterocycles. The normalized spacial score (nSPS) is 26.6. The Labute approximate surface area is 98.5 Å². The van der Waals surface area contributed by atoms with Gasteiger partial charge in [-0.15, -0.1) is 0 Å². The molecule has 1 rings (SSSR count). The highest BCUT2D eigenvalue weighted by atomic mass is 127. The van der Waals surface area contributed by atoms with E-state index < -0.39 is 0 Å². The summed E-state index contributed by atoms with van der Waals surface area (Å²) in [6.45, 7) is 7.99. The highest BCUT2D eigenvalue weighted by molar-refractivity contribution is 14.1.